The van der Waals surface area contributed by atoms with Gasteiger partial charge in [-0.05, 0) is 65.3 Å². The molecule has 2 unspecified atom stereocenters. The Morgan fingerprint density at radius 3 is 2.48 bits per heavy atom. The summed E-state index contributed by atoms with van der Waals surface area (Å²) in [5.41, 5.74) is 0.519. The van der Waals surface area contributed by atoms with E-state index >= 15 is 0 Å². The molecule has 1 amide bonds. The van der Waals surface area contributed by atoms with Gasteiger partial charge in [-0.25, -0.2) is 4.79 Å². The van der Waals surface area contributed by atoms with E-state index in [1.165, 1.54) is 0 Å². The maximum Gasteiger partial charge on any atom is 0.407 e. The average Bonchev–Trinajstić information content (AvgIpc) is 2.35. The van der Waals surface area contributed by atoms with E-state index in [1.54, 1.807) is 6.07 Å². The number of halogens is 2. The van der Waals surface area contributed by atoms with Gasteiger partial charge < -0.3 is 15.4 Å². The van der Waals surface area contributed by atoms with Crippen LogP contribution in [0.3, 0.4) is 0 Å². The molecule has 0 aliphatic heterocycles. The summed E-state index contributed by atoms with van der Waals surface area (Å²) in [6.45, 7) is 10.3. The second-order valence-electron chi connectivity index (χ2n) is 6.68. The lowest BCUT2D eigenvalue weighted by Crippen LogP contribution is -2.39. The molecule has 23 heavy (non-hydrogen) atoms. The van der Waals surface area contributed by atoms with E-state index in [0.717, 1.165) is 18.5 Å². The van der Waals surface area contributed by atoms with Crippen LogP contribution in [0, 0.1) is 0 Å². The molecule has 0 saturated heterocycles. The fraction of sp³-hybridized carbons (Fsp3) is 0.588. The minimum Gasteiger partial charge on any atom is -0.444 e. The summed E-state index contributed by atoms with van der Waals surface area (Å²) < 4.78 is 5.23. The highest BCUT2D eigenvalue weighted by molar-refractivity contribution is 6.35. The van der Waals surface area contributed by atoms with Crippen molar-refractivity contribution in [1.82, 2.24) is 10.6 Å². The summed E-state index contributed by atoms with van der Waals surface area (Å²) in [6.07, 6.45) is 0.396. The number of ether oxygens (including phenoxy) is 1. The SMILES string of the molecule is CC(CCNC(C)c1ccc(Cl)cc1Cl)NC(=O)OC(C)(C)C. The number of benzene rings is 1. The predicted octanol–water partition coefficient (Wildman–Crippen LogP) is 4.95. The van der Waals surface area contributed by atoms with Crippen LogP contribution >= 0.6 is 23.2 Å². The fourth-order valence-electron chi connectivity index (χ4n) is 2.06. The van der Waals surface area contributed by atoms with Gasteiger partial charge in [0.25, 0.3) is 0 Å². The van der Waals surface area contributed by atoms with Crippen LogP contribution in [0.25, 0.3) is 0 Å². The van der Waals surface area contributed by atoms with Gasteiger partial charge in [-0.3, -0.25) is 0 Å². The molecule has 1 rings (SSSR count). The van der Waals surface area contributed by atoms with Gasteiger partial charge in [-0.2, -0.15) is 0 Å². The first-order valence-electron chi connectivity index (χ1n) is 7.76. The van der Waals surface area contributed by atoms with Crippen LogP contribution in [0.4, 0.5) is 4.79 Å². The van der Waals surface area contributed by atoms with E-state index in [9.17, 15) is 4.79 Å². The molecule has 0 bridgehead atoms. The van der Waals surface area contributed by atoms with E-state index in [1.807, 2.05) is 46.8 Å². The second kappa shape index (κ2) is 8.76. The van der Waals surface area contributed by atoms with E-state index in [4.69, 9.17) is 27.9 Å². The summed E-state index contributed by atoms with van der Waals surface area (Å²) in [5.74, 6) is 0. The molecule has 4 nitrogen and oxygen atoms in total. The van der Waals surface area contributed by atoms with Crippen molar-refractivity contribution in [3.8, 4) is 0 Å². The average molecular weight is 361 g/mol. The largest absolute Gasteiger partial charge is 0.444 e. The first-order valence-corrected chi connectivity index (χ1v) is 8.52. The molecule has 130 valence electrons. The summed E-state index contributed by atoms with van der Waals surface area (Å²) >= 11 is 12.1. The van der Waals surface area contributed by atoms with Crippen LogP contribution in [-0.4, -0.2) is 24.3 Å². The fourth-order valence-corrected chi connectivity index (χ4v) is 2.63. The number of carbonyl (C=O) groups is 1. The molecule has 0 heterocycles. The van der Waals surface area contributed by atoms with Gasteiger partial charge in [0, 0.05) is 22.1 Å². The highest BCUT2D eigenvalue weighted by Gasteiger charge is 2.17. The van der Waals surface area contributed by atoms with Gasteiger partial charge in [0.05, 0.1) is 0 Å². The van der Waals surface area contributed by atoms with Crippen molar-refractivity contribution >= 4 is 29.3 Å². The van der Waals surface area contributed by atoms with Crippen LogP contribution in [0.2, 0.25) is 10.0 Å². The second-order valence-corrected chi connectivity index (χ2v) is 7.52. The summed E-state index contributed by atoms with van der Waals surface area (Å²) in [4.78, 5) is 11.7. The first-order chi connectivity index (χ1) is 10.6. The summed E-state index contributed by atoms with van der Waals surface area (Å²) in [5, 5.41) is 7.49. The smallest absolute Gasteiger partial charge is 0.407 e. The Morgan fingerprint density at radius 1 is 1.26 bits per heavy atom. The molecular weight excluding hydrogens is 335 g/mol. The van der Waals surface area contributed by atoms with E-state index in [0.29, 0.717) is 10.0 Å². The first kappa shape index (κ1) is 20.1. The molecule has 1 aromatic carbocycles. The van der Waals surface area contributed by atoms with Gasteiger partial charge in [0.15, 0.2) is 0 Å². The lowest BCUT2D eigenvalue weighted by Gasteiger charge is -2.22. The van der Waals surface area contributed by atoms with Gasteiger partial charge in [0.2, 0.25) is 0 Å². The molecule has 2 N–H and O–H groups in total. The Balaban J connectivity index is 2.37. The van der Waals surface area contributed by atoms with Crippen LogP contribution < -0.4 is 10.6 Å². The monoisotopic (exact) mass is 360 g/mol. The Bertz CT molecular complexity index is 530. The lowest BCUT2D eigenvalue weighted by atomic mass is 10.1. The molecule has 6 heteroatoms. The van der Waals surface area contributed by atoms with E-state index < -0.39 is 11.7 Å². The van der Waals surface area contributed by atoms with Crippen LogP contribution in [-0.2, 0) is 4.74 Å². The van der Waals surface area contributed by atoms with Crippen molar-refractivity contribution in [2.24, 2.45) is 0 Å². The molecule has 0 aliphatic carbocycles. The Hall–Kier alpha value is -0.970. The van der Waals surface area contributed by atoms with Crippen LogP contribution in [0.15, 0.2) is 18.2 Å². The van der Waals surface area contributed by atoms with Crippen LogP contribution in [0.1, 0.15) is 52.6 Å². The highest BCUT2D eigenvalue weighted by Crippen LogP contribution is 2.25. The van der Waals surface area contributed by atoms with Gasteiger partial charge in [-0.15, -0.1) is 0 Å². The Labute approximate surface area is 148 Å². The van der Waals surface area contributed by atoms with Gasteiger partial charge in [0.1, 0.15) is 5.60 Å². The molecule has 0 radical (unpaired) electrons. The summed E-state index contributed by atoms with van der Waals surface area (Å²) in [7, 11) is 0. The van der Waals surface area contributed by atoms with Crippen molar-refractivity contribution in [2.75, 3.05) is 6.54 Å². The number of alkyl carbamates (subject to hydrolysis) is 1. The molecule has 0 saturated carbocycles. The molecule has 0 fully saturated rings. The number of amides is 1. The number of hydrogen-bond donors (Lipinski definition) is 2. The summed E-state index contributed by atoms with van der Waals surface area (Å²) in [6, 6.07) is 5.61. The maximum absolute atomic E-state index is 11.7. The molecule has 0 aliphatic rings. The van der Waals surface area contributed by atoms with Crippen molar-refractivity contribution in [1.29, 1.82) is 0 Å². The molecular formula is C17H26Cl2N2O2. The molecule has 0 spiro atoms. The zero-order valence-electron chi connectivity index (χ0n) is 14.4. The normalized spacial score (nSPS) is 14.2. The quantitative estimate of drug-likeness (QED) is 0.754. The van der Waals surface area contributed by atoms with Crippen molar-refractivity contribution in [3.63, 3.8) is 0 Å². The van der Waals surface area contributed by atoms with Crippen molar-refractivity contribution in [3.05, 3.63) is 33.8 Å². The number of carbonyl (C=O) groups excluding carboxylic acids is 1. The van der Waals surface area contributed by atoms with E-state index in [2.05, 4.69) is 10.6 Å². The Morgan fingerprint density at radius 2 is 1.91 bits per heavy atom. The van der Waals surface area contributed by atoms with E-state index in [-0.39, 0.29) is 12.1 Å². The number of nitrogens with one attached hydrogen (secondary N) is 2. The topological polar surface area (TPSA) is 50.4 Å². The minimum atomic E-state index is -0.484. The maximum atomic E-state index is 11.7. The predicted molar refractivity (Wildman–Crippen MR) is 96.3 cm³/mol. The lowest BCUT2D eigenvalue weighted by molar-refractivity contribution is 0.0506. The molecule has 0 aromatic heterocycles. The molecule has 2 atom stereocenters. The van der Waals surface area contributed by atoms with Gasteiger partial charge in [-0.1, -0.05) is 29.3 Å². The third kappa shape index (κ3) is 7.91. The number of hydrogen-bond acceptors (Lipinski definition) is 3. The van der Waals surface area contributed by atoms with Crippen LogP contribution in [0.5, 0.6) is 0 Å². The van der Waals surface area contributed by atoms with Crippen molar-refractivity contribution < 1.29 is 9.53 Å². The molecule has 1 aromatic rings. The third-order valence-electron chi connectivity index (χ3n) is 3.22. The minimum absolute atomic E-state index is 0.0187. The Kier molecular flexibility index (Phi) is 7.65. The zero-order valence-corrected chi connectivity index (χ0v) is 15.9. The van der Waals surface area contributed by atoms with Crippen molar-refractivity contribution in [2.45, 2.75) is 58.7 Å². The number of rotatable bonds is 6. The van der Waals surface area contributed by atoms with Gasteiger partial charge >= 0.3 is 6.09 Å². The zero-order chi connectivity index (χ0) is 17.6. The highest BCUT2D eigenvalue weighted by atomic mass is 35.5. The standard InChI is InChI=1S/C17H26Cl2N2O2/c1-11(21-16(22)23-17(3,4)5)8-9-20-12(2)14-7-6-13(18)10-15(14)19/h6-7,10-12,20H,8-9H2,1-5H3,(H,21,22). The third-order valence-corrected chi connectivity index (χ3v) is 3.78.